The van der Waals surface area contributed by atoms with Gasteiger partial charge in [0.2, 0.25) is 5.78 Å². The van der Waals surface area contributed by atoms with Crippen molar-refractivity contribution in [2.75, 3.05) is 0 Å². The number of carbonyl (C=O) groups is 1. The standard InChI is InChI=1S/C7H4F6N2O/c8-6(9,10)4-1-3(14-15-4)2-5(16)7(11,12)13/h1H,2H2,(H,14,15). The van der Waals surface area contributed by atoms with Crippen LogP contribution in [0.1, 0.15) is 11.4 Å². The molecule has 0 amide bonds. The quantitative estimate of drug-likeness (QED) is 0.812. The van der Waals surface area contributed by atoms with E-state index in [1.165, 1.54) is 0 Å². The highest BCUT2D eigenvalue weighted by Gasteiger charge is 2.39. The van der Waals surface area contributed by atoms with Gasteiger partial charge in [-0.2, -0.15) is 31.4 Å². The highest BCUT2D eigenvalue weighted by Crippen LogP contribution is 2.28. The first-order valence-corrected chi connectivity index (χ1v) is 3.82. The Hall–Kier alpha value is -1.54. The minimum absolute atomic E-state index is 0.365. The van der Waals surface area contributed by atoms with E-state index in [9.17, 15) is 31.1 Å². The van der Waals surface area contributed by atoms with Gasteiger partial charge in [0.1, 0.15) is 0 Å². The molecule has 0 spiro atoms. The zero-order chi connectivity index (χ0) is 12.6. The van der Waals surface area contributed by atoms with Crippen LogP contribution in [0.15, 0.2) is 6.07 Å². The third-order valence-electron chi connectivity index (χ3n) is 1.59. The van der Waals surface area contributed by atoms with Crippen LogP contribution in [-0.2, 0) is 17.4 Å². The second kappa shape index (κ2) is 3.80. The van der Waals surface area contributed by atoms with Crippen molar-refractivity contribution in [3.05, 3.63) is 17.5 Å². The Kier molecular flexibility index (Phi) is 2.97. The molecule has 16 heavy (non-hydrogen) atoms. The maximum atomic E-state index is 12.0. The Labute approximate surface area is 84.4 Å². The van der Waals surface area contributed by atoms with Crippen LogP contribution in [0.2, 0.25) is 0 Å². The fraction of sp³-hybridized carbons (Fsp3) is 0.429. The molecule has 0 saturated carbocycles. The largest absolute Gasteiger partial charge is 0.450 e. The van der Waals surface area contributed by atoms with Crippen LogP contribution in [0, 0.1) is 0 Å². The van der Waals surface area contributed by atoms with Crippen LogP contribution in [-0.4, -0.2) is 22.2 Å². The van der Waals surface area contributed by atoms with Gasteiger partial charge in [-0.15, -0.1) is 0 Å². The highest BCUT2D eigenvalue weighted by atomic mass is 19.4. The van der Waals surface area contributed by atoms with Crippen molar-refractivity contribution < 1.29 is 31.1 Å². The van der Waals surface area contributed by atoms with E-state index < -0.39 is 35.9 Å². The second-order valence-electron chi connectivity index (χ2n) is 2.87. The molecule has 0 bridgehead atoms. The first-order chi connectivity index (χ1) is 7.10. The number of hydrogen-bond acceptors (Lipinski definition) is 2. The predicted octanol–water partition coefficient (Wildman–Crippen LogP) is 2.10. The van der Waals surface area contributed by atoms with Gasteiger partial charge in [0.15, 0.2) is 5.69 Å². The van der Waals surface area contributed by atoms with E-state index in [0.717, 1.165) is 0 Å². The van der Waals surface area contributed by atoms with Gasteiger partial charge in [0.25, 0.3) is 0 Å². The summed E-state index contributed by atoms with van der Waals surface area (Å²) < 4.78 is 71.3. The zero-order valence-electron chi connectivity index (χ0n) is 7.41. The molecular weight excluding hydrogens is 242 g/mol. The van der Waals surface area contributed by atoms with E-state index in [1.807, 2.05) is 0 Å². The number of aromatic nitrogens is 2. The topological polar surface area (TPSA) is 45.8 Å². The lowest BCUT2D eigenvalue weighted by Crippen LogP contribution is -2.24. The Morgan fingerprint density at radius 2 is 1.81 bits per heavy atom. The predicted molar refractivity (Wildman–Crippen MR) is 38.4 cm³/mol. The van der Waals surface area contributed by atoms with Gasteiger partial charge in [-0.25, -0.2) is 0 Å². The molecule has 1 heterocycles. The smallest absolute Gasteiger partial charge is 0.289 e. The fourth-order valence-electron chi connectivity index (χ4n) is 0.871. The molecule has 0 aliphatic heterocycles. The number of rotatable bonds is 2. The number of alkyl halides is 6. The Morgan fingerprint density at radius 1 is 1.25 bits per heavy atom. The van der Waals surface area contributed by atoms with E-state index >= 15 is 0 Å². The SMILES string of the molecule is O=C(Cc1cc(C(F)(F)F)n[nH]1)C(F)(F)F. The number of aromatic amines is 1. The summed E-state index contributed by atoms with van der Waals surface area (Å²) in [6.45, 7) is 0. The van der Waals surface area contributed by atoms with Crippen molar-refractivity contribution in [2.45, 2.75) is 18.8 Å². The molecule has 1 rings (SSSR count). The van der Waals surface area contributed by atoms with E-state index in [-0.39, 0.29) is 0 Å². The minimum atomic E-state index is -5.07. The van der Waals surface area contributed by atoms with E-state index in [1.54, 1.807) is 5.10 Å². The molecule has 0 aromatic carbocycles. The molecule has 0 atom stereocenters. The molecule has 1 N–H and O–H groups in total. The molecule has 0 aliphatic rings. The van der Waals surface area contributed by atoms with Crippen LogP contribution < -0.4 is 0 Å². The summed E-state index contributed by atoms with van der Waals surface area (Å²) in [6.07, 6.45) is -11.0. The van der Waals surface area contributed by atoms with Gasteiger partial charge in [-0.05, 0) is 6.07 Å². The Morgan fingerprint density at radius 3 is 2.19 bits per heavy atom. The molecule has 0 saturated heterocycles. The molecule has 3 nitrogen and oxygen atoms in total. The van der Waals surface area contributed by atoms with Gasteiger partial charge in [-0.3, -0.25) is 9.89 Å². The Bertz CT molecular complexity index is 390. The summed E-state index contributed by atoms with van der Waals surface area (Å²) in [7, 11) is 0. The normalized spacial score (nSPS) is 12.9. The van der Waals surface area contributed by atoms with Crippen molar-refractivity contribution in [3.8, 4) is 0 Å². The molecule has 1 aromatic heterocycles. The summed E-state index contributed by atoms with van der Waals surface area (Å²) in [4.78, 5) is 10.4. The molecule has 9 heteroatoms. The average Bonchev–Trinajstić information content (AvgIpc) is 2.49. The molecular formula is C7H4F6N2O. The van der Waals surface area contributed by atoms with Crippen molar-refractivity contribution in [3.63, 3.8) is 0 Å². The van der Waals surface area contributed by atoms with Crippen LogP contribution in [0.4, 0.5) is 26.3 Å². The van der Waals surface area contributed by atoms with E-state index in [4.69, 9.17) is 0 Å². The maximum absolute atomic E-state index is 12.0. The number of nitrogens with zero attached hydrogens (tertiary/aromatic N) is 1. The van der Waals surface area contributed by atoms with Crippen molar-refractivity contribution >= 4 is 5.78 Å². The number of H-pyrrole nitrogens is 1. The van der Waals surface area contributed by atoms with Crippen LogP contribution in [0.3, 0.4) is 0 Å². The van der Waals surface area contributed by atoms with Crippen LogP contribution >= 0.6 is 0 Å². The summed E-state index contributed by atoms with van der Waals surface area (Å²) >= 11 is 0. The fourth-order valence-corrected chi connectivity index (χ4v) is 0.871. The first kappa shape index (κ1) is 12.5. The van der Waals surface area contributed by atoms with Gasteiger partial charge in [-0.1, -0.05) is 0 Å². The highest BCUT2D eigenvalue weighted by molar-refractivity contribution is 5.85. The van der Waals surface area contributed by atoms with Gasteiger partial charge >= 0.3 is 12.4 Å². The van der Waals surface area contributed by atoms with Crippen molar-refractivity contribution in [1.29, 1.82) is 0 Å². The van der Waals surface area contributed by atoms with Crippen molar-refractivity contribution in [1.82, 2.24) is 10.2 Å². The summed E-state index contributed by atoms with van der Waals surface area (Å²) in [5.41, 5.74) is -1.90. The monoisotopic (exact) mass is 246 g/mol. The number of ketones is 1. The average molecular weight is 246 g/mol. The zero-order valence-corrected chi connectivity index (χ0v) is 7.41. The third-order valence-corrected chi connectivity index (χ3v) is 1.59. The summed E-state index contributed by atoms with van der Waals surface area (Å²) in [5, 5.41) is 4.48. The van der Waals surface area contributed by atoms with Crippen LogP contribution in [0.5, 0.6) is 0 Å². The minimum Gasteiger partial charge on any atom is -0.289 e. The lowest BCUT2D eigenvalue weighted by atomic mass is 10.2. The molecule has 0 aliphatic carbocycles. The molecule has 0 unspecified atom stereocenters. The summed E-state index contributed by atoms with van der Waals surface area (Å²) in [6, 6.07) is 0.365. The maximum Gasteiger partial charge on any atom is 0.450 e. The lowest BCUT2D eigenvalue weighted by Gasteiger charge is -2.02. The molecule has 0 radical (unpaired) electrons. The first-order valence-electron chi connectivity index (χ1n) is 3.82. The van der Waals surface area contributed by atoms with Crippen molar-refractivity contribution in [2.24, 2.45) is 0 Å². The molecule has 0 fully saturated rings. The summed E-state index contributed by atoms with van der Waals surface area (Å²) in [5.74, 6) is -2.13. The molecule has 90 valence electrons. The third kappa shape index (κ3) is 2.97. The Balaban J connectivity index is 2.78. The van der Waals surface area contributed by atoms with Gasteiger partial charge in [0, 0.05) is 5.69 Å². The number of carbonyl (C=O) groups excluding carboxylic acids is 1. The second-order valence-corrected chi connectivity index (χ2v) is 2.87. The van der Waals surface area contributed by atoms with E-state index in [0.29, 0.717) is 6.07 Å². The van der Waals surface area contributed by atoms with Crippen LogP contribution in [0.25, 0.3) is 0 Å². The molecule has 1 aromatic rings. The van der Waals surface area contributed by atoms with Gasteiger partial charge < -0.3 is 0 Å². The number of hydrogen-bond donors (Lipinski definition) is 1. The number of halogens is 6. The number of Topliss-reactive ketones (excluding diaryl/α,β-unsaturated/α-hetero) is 1. The number of nitrogens with one attached hydrogen (secondary N) is 1. The lowest BCUT2D eigenvalue weighted by molar-refractivity contribution is -0.170. The van der Waals surface area contributed by atoms with E-state index in [2.05, 4.69) is 5.10 Å². The van der Waals surface area contributed by atoms with Gasteiger partial charge in [0.05, 0.1) is 6.42 Å².